The van der Waals surface area contributed by atoms with Crippen LogP contribution >= 0.6 is 0 Å². The Morgan fingerprint density at radius 3 is 2.71 bits per heavy atom. The number of aromatic nitrogens is 2. The summed E-state index contributed by atoms with van der Waals surface area (Å²) in [6.45, 7) is 6.71. The van der Waals surface area contributed by atoms with Crippen LogP contribution in [0.4, 0.5) is 0 Å². The first-order valence-corrected chi connectivity index (χ1v) is 5.86. The molecule has 17 heavy (non-hydrogen) atoms. The van der Waals surface area contributed by atoms with Gasteiger partial charge in [0.25, 0.3) is 0 Å². The first kappa shape index (κ1) is 13.7. The van der Waals surface area contributed by atoms with Crippen LogP contribution in [0.3, 0.4) is 0 Å². The molecule has 0 saturated carbocycles. The molecule has 0 aromatic carbocycles. The Kier molecular flexibility index (Phi) is 5.15. The second-order valence-corrected chi connectivity index (χ2v) is 4.40. The van der Waals surface area contributed by atoms with Gasteiger partial charge < -0.3 is 10.1 Å². The molecule has 1 rings (SSSR count). The zero-order valence-electron chi connectivity index (χ0n) is 10.9. The van der Waals surface area contributed by atoms with E-state index in [0.29, 0.717) is 0 Å². The van der Waals surface area contributed by atoms with Gasteiger partial charge in [-0.05, 0) is 19.9 Å². The van der Waals surface area contributed by atoms with Crippen molar-refractivity contribution in [3.05, 3.63) is 18.5 Å². The van der Waals surface area contributed by atoms with Crippen LogP contribution in [0.5, 0.6) is 0 Å². The maximum atomic E-state index is 11.4. The molecule has 0 aliphatic rings. The van der Waals surface area contributed by atoms with Crippen molar-refractivity contribution in [3.8, 4) is 0 Å². The highest BCUT2D eigenvalue weighted by Crippen LogP contribution is 2.06. The molecule has 1 heterocycles. The van der Waals surface area contributed by atoms with E-state index in [2.05, 4.69) is 17.3 Å². The standard InChI is InChI=1S/C12H21N3O2/c1-9(8-15-7-5-6-13-15)14-11(3)10(2)12(16)17-4/h5-7,9-11,14H,8H2,1-4H3. The molecular weight excluding hydrogens is 218 g/mol. The molecule has 5 heteroatoms. The maximum absolute atomic E-state index is 11.4. The molecule has 1 aromatic rings. The number of hydrogen-bond donors (Lipinski definition) is 1. The van der Waals surface area contributed by atoms with Gasteiger partial charge in [-0.25, -0.2) is 0 Å². The van der Waals surface area contributed by atoms with Gasteiger partial charge in [-0.15, -0.1) is 0 Å². The number of carbonyl (C=O) groups is 1. The van der Waals surface area contributed by atoms with E-state index < -0.39 is 0 Å². The molecule has 1 N–H and O–H groups in total. The molecule has 3 atom stereocenters. The third-order valence-electron chi connectivity index (χ3n) is 2.89. The van der Waals surface area contributed by atoms with Crippen LogP contribution in [-0.2, 0) is 16.1 Å². The average molecular weight is 239 g/mol. The van der Waals surface area contributed by atoms with Crippen LogP contribution < -0.4 is 5.32 Å². The fourth-order valence-electron chi connectivity index (χ4n) is 1.72. The second-order valence-electron chi connectivity index (χ2n) is 4.40. The molecule has 5 nitrogen and oxygen atoms in total. The number of methoxy groups -OCH3 is 1. The fourth-order valence-corrected chi connectivity index (χ4v) is 1.72. The van der Waals surface area contributed by atoms with Crippen molar-refractivity contribution in [2.75, 3.05) is 7.11 Å². The summed E-state index contributed by atoms with van der Waals surface area (Å²) in [6, 6.07) is 2.22. The van der Waals surface area contributed by atoms with Crippen molar-refractivity contribution in [2.45, 2.75) is 39.4 Å². The highest BCUT2D eigenvalue weighted by Gasteiger charge is 2.21. The highest BCUT2D eigenvalue weighted by atomic mass is 16.5. The van der Waals surface area contributed by atoms with Crippen LogP contribution in [0, 0.1) is 5.92 Å². The van der Waals surface area contributed by atoms with Gasteiger partial charge >= 0.3 is 5.97 Å². The first-order chi connectivity index (χ1) is 8.04. The smallest absolute Gasteiger partial charge is 0.309 e. The molecule has 96 valence electrons. The number of rotatable bonds is 6. The molecule has 1 aromatic heterocycles. The lowest BCUT2D eigenvalue weighted by molar-refractivity contribution is -0.145. The Morgan fingerprint density at radius 2 is 2.18 bits per heavy atom. The normalized spacial score (nSPS) is 16.2. The summed E-state index contributed by atoms with van der Waals surface area (Å²) in [7, 11) is 1.42. The second kappa shape index (κ2) is 6.39. The summed E-state index contributed by atoms with van der Waals surface area (Å²) in [5.74, 6) is -0.337. The van der Waals surface area contributed by atoms with Crippen LogP contribution in [0.15, 0.2) is 18.5 Å². The molecule has 0 aliphatic heterocycles. The van der Waals surface area contributed by atoms with E-state index in [1.807, 2.05) is 30.8 Å². The molecule has 0 spiro atoms. The largest absolute Gasteiger partial charge is 0.469 e. The highest BCUT2D eigenvalue weighted by molar-refractivity contribution is 5.72. The summed E-state index contributed by atoms with van der Waals surface area (Å²) in [4.78, 5) is 11.4. The zero-order chi connectivity index (χ0) is 12.8. The molecule has 0 bridgehead atoms. The van der Waals surface area contributed by atoms with Crippen molar-refractivity contribution < 1.29 is 9.53 Å². The van der Waals surface area contributed by atoms with E-state index in [9.17, 15) is 4.79 Å². The average Bonchev–Trinajstić information content (AvgIpc) is 2.79. The third-order valence-corrected chi connectivity index (χ3v) is 2.89. The predicted molar refractivity (Wildman–Crippen MR) is 65.5 cm³/mol. The monoisotopic (exact) mass is 239 g/mol. The van der Waals surface area contributed by atoms with Gasteiger partial charge in [-0.1, -0.05) is 6.92 Å². The van der Waals surface area contributed by atoms with E-state index >= 15 is 0 Å². The lowest BCUT2D eigenvalue weighted by atomic mass is 10.0. The fraction of sp³-hybridized carbons (Fsp3) is 0.667. The predicted octanol–water partition coefficient (Wildman–Crippen LogP) is 1.06. The summed E-state index contributed by atoms with van der Waals surface area (Å²) in [5, 5.41) is 7.52. The summed E-state index contributed by atoms with van der Waals surface area (Å²) in [5.41, 5.74) is 0. The number of ether oxygens (including phenoxy) is 1. The molecular formula is C12H21N3O2. The Bertz CT molecular complexity index is 338. The molecule has 3 unspecified atom stereocenters. The van der Waals surface area contributed by atoms with Crippen molar-refractivity contribution in [1.29, 1.82) is 0 Å². The van der Waals surface area contributed by atoms with Crippen LogP contribution in [0.2, 0.25) is 0 Å². The van der Waals surface area contributed by atoms with E-state index in [1.54, 1.807) is 6.20 Å². The van der Waals surface area contributed by atoms with Crippen molar-refractivity contribution >= 4 is 5.97 Å². The lowest BCUT2D eigenvalue weighted by Gasteiger charge is -2.23. The molecule has 0 aliphatic carbocycles. The maximum Gasteiger partial charge on any atom is 0.309 e. The summed E-state index contributed by atoms with van der Waals surface area (Å²) < 4.78 is 6.59. The van der Waals surface area contributed by atoms with Gasteiger partial charge in [0.15, 0.2) is 0 Å². The summed E-state index contributed by atoms with van der Waals surface area (Å²) in [6.07, 6.45) is 3.68. The van der Waals surface area contributed by atoms with E-state index in [1.165, 1.54) is 7.11 Å². The number of carbonyl (C=O) groups excluding carboxylic acids is 1. The Hall–Kier alpha value is -1.36. The van der Waals surface area contributed by atoms with Crippen LogP contribution in [-0.4, -0.2) is 34.9 Å². The van der Waals surface area contributed by atoms with E-state index in [4.69, 9.17) is 4.74 Å². The summed E-state index contributed by atoms with van der Waals surface area (Å²) >= 11 is 0. The molecule has 0 amide bonds. The van der Waals surface area contributed by atoms with Crippen molar-refractivity contribution in [2.24, 2.45) is 5.92 Å². The zero-order valence-corrected chi connectivity index (χ0v) is 10.9. The SMILES string of the molecule is COC(=O)C(C)C(C)NC(C)Cn1cccn1. The minimum atomic E-state index is -0.184. The number of esters is 1. The lowest BCUT2D eigenvalue weighted by Crippen LogP contribution is -2.43. The molecule has 0 saturated heterocycles. The van der Waals surface area contributed by atoms with Gasteiger partial charge in [0.05, 0.1) is 19.6 Å². The third kappa shape index (κ3) is 4.19. The quantitative estimate of drug-likeness (QED) is 0.754. The van der Waals surface area contributed by atoms with Gasteiger partial charge in [0.1, 0.15) is 0 Å². The van der Waals surface area contributed by atoms with E-state index in [-0.39, 0.29) is 24.0 Å². The van der Waals surface area contributed by atoms with Gasteiger partial charge in [0, 0.05) is 24.5 Å². The van der Waals surface area contributed by atoms with Gasteiger partial charge in [-0.3, -0.25) is 9.48 Å². The van der Waals surface area contributed by atoms with Gasteiger partial charge in [0.2, 0.25) is 0 Å². The minimum Gasteiger partial charge on any atom is -0.469 e. The minimum absolute atomic E-state index is 0.0769. The number of hydrogen-bond acceptors (Lipinski definition) is 4. The van der Waals surface area contributed by atoms with E-state index in [0.717, 1.165) is 6.54 Å². The topological polar surface area (TPSA) is 56.1 Å². The van der Waals surface area contributed by atoms with Crippen LogP contribution in [0.25, 0.3) is 0 Å². The van der Waals surface area contributed by atoms with Crippen molar-refractivity contribution in [3.63, 3.8) is 0 Å². The van der Waals surface area contributed by atoms with Crippen molar-refractivity contribution in [1.82, 2.24) is 15.1 Å². The Labute approximate surface area is 102 Å². The Morgan fingerprint density at radius 1 is 1.47 bits per heavy atom. The Balaban J connectivity index is 2.40. The molecule has 0 radical (unpaired) electrons. The van der Waals surface area contributed by atoms with Crippen LogP contribution in [0.1, 0.15) is 20.8 Å². The van der Waals surface area contributed by atoms with Gasteiger partial charge in [-0.2, -0.15) is 5.10 Å². The molecule has 0 fully saturated rings. The first-order valence-electron chi connectivity index (χ1n) is 5.86. The number of nitrogens with one attached hydrogen (secondary N) is 1. The number of nitrogens with zero attached hydrogens (tertiary/aromatic N) is 2.